The summed E-state index contributed by atoms with van der Waals surface area (Å²) in [4.78, 5) is 0. The minimum atomic E-state index is 0.478. The van der Waals surface area contributed by atoms with Crippen LogP contribution in [-0.2, 0) is 9.47 Å². The Morgan fingerprint density at radius 2 is 0.923 bits per heavy atom. The topological polar surface area (TPSA) is 55.4 Å². The van der Waals surface area contributed by atoms with Crippen molar-refractivity contribution in [3.05, 3.63) is 48.5 Å². The van der Waals surface area contributed by atoms with Crippen molar-refractivity contribution < 1.29 is 28.4 Å². The van der Waals surface area contributed by atoms with Gasteiger partial charge in [0.05, 0.1) is 40.6 Å². The lowest BCUT2D eigenvalue weighted by Crippen LogP contribution is -2.13. The van der Waals surface area contributed by atoms with Gasteiger partial charge in [-0.05, 0) is 24.3 Å². The van der Waals surface area contributed by atoms with E-state index < -0.39 is 0 Å². The quantitative estimate of drug-likeness (QED) is 0.510. The summed E-state index contributed by atoms with van der Waals surface area (Å²) in [5.41, 5.74) is 0. The molecule has 0 atom stereocenters. The molecule has 0 aliphatic heterocycles. The molecule has 0 aliphatic rings. The molecule has 6 heteroatoms. The molecule has 0 aliphatic carbocycles. The summed E-state index contributed by atoms with van der Waals surface area (Å²) in [6.45, 7) is 2.99. The number of hydrogen-bond donors (Lipinski definition) is 0. The monoisotopic (exact) mass is 362 g/mol. The van der Waals surface area contributed by atoms with E-state index in [4.69, 9.17) is 28.4 Å². The van der Waals surface area contributed by atoms with Gasteiger partial charge in [-0.3, -0.25) is 0 Å². The van der Waals surface area contributed by atoms with Crippen LogP contribution in [0.1, 0.15) is 0 Å². The van der Waals surface area contributed by atoms with Crippen LogP contribution in [0.2, 0.25) is 0 Å². The van der Waals surface area contributed by atoms with Crippen LogP contribution in [0.25, 0.3) is 0 Å². The van der Waals surface area contributed by atoms with Crippen LogP contribution >= 0.6 is 0 Å². The highest BCUT2D eigenvalue weighted by molar-refractivity contribution is 5.33. The van der Waals surface area contributed by atoms with Crippen molar-refractivity contribution in [1.82, 2.24) is 0 Å². The molecule has 0 saturated heterocycles. The van der Waals surface area contributed by atoms with Crippen molar-refractivity contribution in [1.29, 1.82) is 0 Å². The largest absolute Gasteiger partial charge is 0.497 e. The van der Waals surface area contributed by atoms with E-state index >= 15 is 0 Å². The predicted octanol–water partition coefficient (Wildman–Crippen LogP) is 3.19. The molecule has 0 heterocycles. The first-order valence-corrected chi connectivity index (χ1v) is 8.51. The van der Waals surface area contributed by atoms with E-state index in [1.807, 2.05) is 48.5 Å². The summed E-state index contributed by atoms with van der Waals surface area (Å²) in [6, 6.07) is 15.0. The fraction of sp³-hybridized carbons (Fsp3) is 0.400. The van der Waals surface area contributed by atoms with Crippen LogP contribution in [0.3, 0.4) is 0 Å². The van der Waals surface area contributed by atoms with Crippen molar-refractivity contribution in [3.8, 4) is 23.0 Å². The van der Waals surface area contributed by atoms with E-state index in [2.05, 4.69) is 0 Å². The van der Waals surface area contributed by atoms with Crippen molar-refractivity contribution in [2.75, 3.05) is 53.9 Å². The standard InChI is InChI=1S/C20H26O6/c1-21-17-5-3-7-19(15-17)25-13-11-23-9-10-24-12-14-26-20-8-4-6-18(16-20)22-2/h3-8,15-16H,9-14H2,1-2H3. The van der Waals surface area contributed by atoms with Gasteiger partial charge in [0.2, 0.25) is 0 Å². The minimum Gasteiger partial charge on any atom is -0.497 e. The van der Waals surface area contributed by atoms with Gasteiger partial charge >= 0.3 is 0 Å². The summed E-state index contributed by atoms with van der Waals surface area (Å²) in [5, 5.41) is 0. The van der Waals surface area contributed by atoms with Crippen LogP contribution in [0, 0.1) is 0 Å². The number of benzene rings is 2. The van der Waals surface area contributed by atoms with E-state index in [1.165, 1.54) is 0 Å². The lowest BCUT2D eigenvalue weighted by molar-refractivity contribution is 0.0273. The Bertz CT molecular complexity index is 576. The van der Waals surface area contributed by atoms with E-state index in [9.17, 15) is 0 Å². The van der Waals surface area contributed by atoms with Crippen LogP contribution in [0.5, 0.6) is 23.0 Å². The molecule has 0 amide bonds. The third-order valence-electron chi connectivity index (χ3n) is 3.45. The van der Waals surface area contributed by atoms with Crippen LogP contribution in [-0.4, -0.2) is 53.9 Å². The zero-order valence-corrected chi connectivity index (χ0v) is 15.3. The third kappa shape index (κ3) is 7.63. The summed E-state index contributed by atoms with van der Waals surface area (Å²) < 4.78 is 32.4. The molecule has 0 bridgehead atoms. The second-order valence-electron chi connectivity index (χ2n) is 5.28. The maximum absolute atomic E-state index is 5.59. The van der Waals surface area contributed by atoms with E-state index in [0.29, 0.717) is 39.6 Å². The highest BCUT2D eigenvalue weighted by Crippen LogP contribution is 2.19. The second-order valence-corrected chi connectivity index (χ2v) is 5.28. The Morgan fingerprint density at radius 1 is 0.538 bits per heavy atom. The summed E-state index contributed by atoms with van der Waals surface area (Å²) in [7, 11) is 3.26. The molecule has 26 heavy (non-hydrogen) atoms. The molecular formula is C20H26O6. The van der Waals surface area contributed by atoms with Crippen molar-refractivity contribution in [2.45, 2.75) is 0 Å². The predicted molar refractivity (Wildman–Crippen MR) is 98.6 cm³/mol. The number of methoxy groups -OCH3 is 2. The molecule has 2 aromatic rings. The molecule has 142 valence electrons. The molecule has 0 fully saturated rings. The molecule has 0 N–H and O–H groups in total. The zero-order valence-electron chi connectivity index (χ0n) is 15.3. The van der Waals surface area contributed by atoms with E-state index in [1.54, 1.807) is 14.2 Å². The molecular weight excluding hydrogens is 336 g/mol. The van der Waals surface area contributed by atoms with Gasteiger partial charge in [0, 0.05) is 12.1 Å². The molecule has 0 aromatic heterocycles. The Morgan fingerprint density at radius 3 is 1.35 bits per heavy atom. The zero-order chi connectivity index (χ0) is 18.5. The summed E-state index contributed by atoms with van der Waals surface area (Å²) in [5.74, 6) is 3.07. The Labute approximate surface area is 154 Å². The van der Waals surface area contributed by atoms with E-state index in [-0.39, 0.29) is 0 Å². The molecule has 2 aromatic carbocycles. The molecule has 2 rings (SSSR count). The first-order valence-electron chi connectivity index (χ1n) is 8.51. The number of hydrogen-bond acceptors (Lipinski definition) is 6. The highest BCUT2D eigenvalue weighted by Gasteiger charge is 1.98. The maximum Gasteiger partial charge on any atom is 0.123 e. The summed E-state index contributed by atoms with van der Waals surface area (Å²) in [6.07, 6.45) is 0. The highest BCUT2D eigenvalue weighted by atomic mass is 16.6. The Hall–Kier alpha value is -2.44. The average Bonchev–Trinajstić information content (AvgIpc) is 2.69. The third-order valence-corrected chi connectivity index (χ3v) is 3.45. The van der Waals surface area contributed by atoms with Gasteiger partial charge in [0.1, 0.15) is 36.2 Å². The lowest BCUT2D eigenvalue weighted by atomic mass is 10.3. The first kappa shape index (κ1) is 19.9. The van der Waals surface area contributed by atoms with Crippen LogP contribution in [0.4, 0.5) is 0 Å². The molecule has 0 unspecified atom stereocenters. The molecule has 0 saturated carbocycles. The fourth-order valence-electron chi connectivity index (χ4n) is 2.14. The van der Waals surface area contributed by atoms with Gasteiger partial charge in [0.15, 0.2) is 0 Å². The van der Waals surface area contributed by atoms with Gasteiger partial charge < -0.3 is 28.4 Å². The summed E-state index contributed by atoms with van der Waals surface area (Å²) >= 11 is 0. The lowest BCUT2D eigenvalue weighted by Gasteiger charge is -2.09. The normalized spacial score (nSPS) is 10.4. The smallest absolute Gasteiger partial charge is 0.123 e. The first-order chi connectivity index (χ1) is 12.8. The Balaban J connectivity index is 1.44. The van der Waals surface area contributed by atoms with Gasteiger partial charge in [-0.2, -0.15) is 0 Å². The average molecular weight is 362 g/mol. The van der Waals surface area contributed by atoms with Crippen molar-refractivity contribution >= 4 is 0 Å². The minimum absolute atomic E-state index is 0.478. The van der Waals surface area contributed by atoms with Crippen LogP contribution < -0.4 is 18.9 Å². The molecule has 0 radical (unpaired) electrons. The molecule has 6 nitrogen and oxygen atoms in total. The van der Waals surface area contributed by atoms with Gasteiger partial charge in [0.25, 0.3) is 0 Å². The van der Waals surface area contributed by atoms with Crippen molar-refractivity contribution in [2.24, 2.45) is 0 Å². The fourth-order valence-corrected chi connectivity index (χ4v) is 2.14. The SMILES string of the molecule is COc1cccc(OCCOCCOCCOc2cccc(OC)c2)c1. The Kier molecular flexibility index (Phi) is 9.18. The van der Waals surface area contributed by atoms with Gasteiger partial charge in [-0.15, -0.1) is 0 Å². The van der Waals surface area contributed by atoms with E-state index in [0.717, 1.165) is 23.0 Å². The second kappa shape index (κ2) is 12.0. The van der Waals surface area contributed by atoms with Crippen LogP contribution in [0.15, 0.2) is 48.5 Å². The molecule has 0 spiro atoms. The van der Waals surface area contributed by atoms with Crippen molar-refractivity contribution in [3.63, 3.8) is 0 Å². The number of ether oxygens (including phenoxy) is 6. The maximum atomic E-state index is 5.59. The van der Waals surface area contributed by atoms with Gasteiger partial charge in [-0.25, -0.2) is 0 Å². The van der Waals surface area contributed by atoms with Gasteiger partial charge in [-0.1, -0.05) is 12.1 Å². The number of rotatable bonds is 13.